The number of hydrogen-bond donors (Lipinski definition) is 1. The fraction of sp³-hybridized carbons (Fsp3) is 0.500. The van der Waals surface area contributed by atoms with Crippen LogP contribution >= 0.6 is 0 Å². The Morgan fingerprint density at radius 2 is 2.11 bits per heavy atom. The molecule has 0 bridgehead atoms. The molecule has 0 saturated carbocycles. The van der Waals surface area contributed by atoms with E-state index in [-0.39, 0.29) is 11.9 Å². The third-order valence-corrected chi connectivity index (χ3v) is 3.41. The van der Waals surface area contributed by atoms with Crippen molar-refractivity contribution in [1.82, 2.24) is 5.32 Å². The van der Waals surface area contributed by atoms with Gasteiger partial charge in [0.1, 0.15) is 5.76 Å². The summed E-state index contributed by atoms with van der Waals surface area (Å²) < 4.78 is 19.3. The van der Waals surface area contributed by atoms with Crippen molar-refractivity contribution in [1.29, 1.82) is 0 Å². The first-order chi connectivity index (χ1) is 9.26. The summed E-state index contributed by atoms with van der Waals surface area (Å²) in [5.41, 5.74) is 0.371. The molecule has 2 aromatic rings. The van der Waals surface area contributed by atoms with Crippen molar-refractivity contribution in [2.45, 2.75) is 45.6 Å². The Labute approximate surface area is 114 Å². The highest BCUT2D eigenvalue weighted by molar-refractivity contribution is 5.78. The number of para-hydroxylation sites is 1. The summed E-state index contributed by atoms with van der Waals surface area (Å²) in [6, 6.07) is 7.19. The van der Waals surface area contributed by atoms with Gasteiger partial charge in [0.25, 0.3) is 0 Å². The maximum atomic E-state index is 13.6. The molecule has 1 N–H and O–H groups in total. The largest absolute Gasteiger partial charge is 0.456 e. The van der Waals surface area contributed by atoms with Gasteiger partial charge in [0, 0.05) is 5.39 Å². The lowest BCUT2D eigenvalue weighted by Crippen LogP contribution is -2.20. The number of unbranched alkanes of at least 4 members (excludes halogenated alkanes) is 2. The number of rotatable bonds is 7. The van der Waals surface area contributed by atoms with Gasteiger partial charge in [-0.3, -0.25) is 0 Å². The van der Waals surface area contributed by atoms with Crippen molar-refractivity contribution in [2.75, 3.05) is 6.54 Å². The molecule has 1 unspecified atom stereocenters. The standard InChI is InChI=1S/C16H22FNO/c1-3-5-6-10-14(18-4-2)15-11-12-8-7-9-13(17)16(12)19-15/h7-9,11,14,18H,3-6,10H2,1-2H3. The van der Waals surface area contributed by atoms with Crippen LogP contribution < -0.4 is 5.32 Å². The van der Waals surface area contributed by atoms with E-state index in [1.807, 2.05) is 12.1 Å². The summed E-state index contributed by atoms with van der Waals surface area (Å²) >= 11 is 0. The Hall–Kier alpha value is -1.35. The van der Waals surface area contributed by atoms with Crippen LogP contribution in [0.4, 0.5) is 4.39 Å². The van der Waals surface area contributed by atoms with E-state index in [1.54, 1.807) is 6.07 Å². The van der Waals surface area contributed by atoms with Crippen LogP contribution in [0.5, 0.6) is 0 Å². The van der Waals surface area contributed by atoms with Gasteiger partial charge in [0.05, 0.1) is 6.04 Å². The van der Waals surface area contributed by atoms with E-state index >= 15 is 0 Å². The SMILES string of the molecule is CCCCCC(NCC)c1cc2cccc(F)c2o1. The maximum absolute atomic E-state index is 13.6. The fourth-order valence-electron chi connectivity index (χ4n) is 2.41. The first kappa shape index (κ1) is 14.1. The molecule has 104 valence electrons. The monoisotopic (exact) mass is 263 g/mol. The zero-order valence-corrected chi connectivity index (χ0v) is 11.7. The topological polar surface area (TPSA) is 25.2 Å². The van der Waals surface area contributed by atoms with E-state index in [2.05, 4.69) is 19.2 Å². The van der Waals surface area contributed by atoms with Crippen molar-refractivity contribution in [3.63, 3.8) is 0 Å². The van der Waals surface area contributed by atoms with E-state index in [4.69, 9.17) is 4.42 Å². The van der Waals surface area contributed by atoms with Crippen LogP contribution in [0.3, 0.4) is 0 Å². The molecule has 2 nitrogen and oxygen atoms in total. The van der Waals surface area contributed by atoms with Crippen LogP contribution in [0.25, 0.3) is 11.0 Å². The molecule has 0 radical (unpaired) electrons. The molecular weight excluding hydrogens is 241 g/mol. The lowest BCUT2D eigenvalue weighted by atomic mass is 10.1. The van der Waals surface area contributed by atoms with Gasteiger partial charge < -0.3 is 9.73 Å². The second-order valence-corrected chi connectivity index (χ2v) is 4.91. The highest BCUT2D eigenvalue weighted by Gasteiger charge is 2.16. The zero-order valence-electron chi connectivity index (χ0n) is 11.7. The number of nitrogens with one attached hydrogen (secondary N) is 1. The van der Waals surface area contributed by atoms with Crippen molar-refractivity contribution < 1.29 is 8.81 Å². The summed E-state index contributed by atoms with van der Waals surface area (Å²) in [5.74, 6) is 0.561. The quantitative estimate of drug-likeness (QED) is 0.726. The second-order valence-electron chi connectivity index (χ2n) is 4.91. The smallest absolute Gasteiger partial charge is 0.169 e. The van der Waals surface area contributed by atoms with E-state index < -0.39 is 0 Å². The Bertz CT molecular complexity index is 520. The third-order valence-electron chi connectivity index (χ3n) is 3.41. The van der Waals surface area contributed by atoms with E-state index in [0.29, 0.717) is 5.58 Å². The molecule has 0 fully saturated rings. The van der Waals surface area contributed by atoms with Crippen molar-refractivity contribution >= 4 is 11.0 Å². The number of halogens is 1. The van der Waals surface area contributed by atoms with Crippen LogP contribution in [-0.2, 0) is 0 Å². The Balaban J connectivity index is 2.20. The number of furan rings is 1. The normalized spacial score (nSPS) is 13.0. The molecular formula is C16H22FNO. The molecule has 1 aromatic carbocycles. The summed E-state index contributed by atoms with van der Waals surface area (Å²) in [4.78, 5) is 0. The van der Waals surface area contributed by atoms with Gasteiger partial charge in [0.15, 0.2) is 11.4 Å². The molecule has 1 aromatic heterocycles. The zero-order chi connectivity index (χ0) is 13.7. The lowest BCUT2D eigenvalue weighted by Gasteiger charge is -2.14. The molecule has 1 atom stereocenters. The Kier molecular flexibility index (Phi) is 4.97. The van der Waals surface area contributed by atoms with Gasteiger partial charge in [-0.05, 0) is 25.1 Å². The van der Waals surface area contributed by atoms with Crippen LogP contribution in [0.15, 0.2) is 28.7 Å². The second kappa shape index (κ2) is 6.71. The highest BCUT2D eigenvalue weighted by atomic mass is 19.1. The van der Waals surface area contributed by atoms with E-state index in [9.17, 15) is 4.39 Å². The van der Waals surface area contributed by atoms with Crippen LogP contribution in [0.2, 0.25) is 0 Å². The maximum Gasteiger partial charge on any atom is 0.169 e. The van der Waals surface area contributed by atoms with Gasteiger partial charge in [-0.1, -0.05) is 45.2 Å². The summed E-state index contributed by atoms with van der Waals surface area (Å²) in [6.07, 6.45) is 4.61. The number of fused-ring (bicyclic) bond motifs is 1. The summed E-state index contributed by atoms with van der Waals surface area (Å²) in [5, 5.41) is 4.26. The van der Waals surface area contributed by atoms with Gasteiger partial charge in [0.2, 0.25) is 0 Å². The van der Waals surface area contributed by atoms with Gasteiger partial charge in [-0.25, -0.2) is 4.39 Å². The molecule has 0 aliphatic rings. The average Bonchev–Trinajstić information content (AvgIpc) is 2.83. The molecule has 0 amide bonds. The fourth-order valence-corrected chi connectivity index (χ4v) is 2.41. The van der Waals surface area contributed by atoms with E-state index in [1.165, 1.54) is 18.9 Å². The third kappa shape index (κ3) is 3.35. The molecule has 0 saturated heterocycles. The summed E-state index contributed by atoms with van der Waals surface area (Å²) in [7, 11) is 0. The lowest BCUT2D eigenvalue weighted by molar-refractivity contribution is 0.400. The Morgan fingerprint density at radius 3 is 2.79 bits per heavy atom. The van der Waals surface area contributed by atoms with Crippen molar-refractivity contribution in [3.8, 4) is 0 Å². The molecule has 0 aliphatic carbocycles. The number of hydrogen-bond acceptors (Lipinski definition) is 2. The minimum atomic E-state index is -0.285. The predicted octanol–water partition coefficient (Wildman–Crippen LogP) is 4.80. The Morgan fingerprint density at radius 1 is 1.26 bits per heavy atom. The van der Waals surface area contributed by atoms with Gasteiger partial charge in [-0.15, -0.1) is 0 Å². The first-order valence-electron chi connectivity index (χ1n) is 7.17. The highest BCUT2D eigenvalue weighted by Crippen LogP contribution is 2.28. The molecule has 1 heterocycles. The predicted molar refractivity (Wildman–Crippen MR) is 76.7 cm³/mol. The van der Waals surface area contributed by atoms with Gasteiger partial charge in [-0.2, -0.15) is 0 Å². The molecule has 0 spiro atoms. The minimum Gasteiger partial charge on any atom is -0.456 e. The van der Waals surface area contributed by atoms with Crippen LogP contribution in [0.1, 0.15) is 51.3 Å². The molecule has 19 heavy (non-hydrogen) atoms. The average molecular weight is 263 g/mol. The van der Waals surface area contributed by atoms with Gasteiger partial charge >= 0.3 is 0 Å². The molecule has 3 heteroatoms. The van der Waals surface area contributed by atoms with E-state index in [0.717, 1.165) is 30.5 Å². The van der Waals surface area contributed by atoms with Crippen LogP contribution in [-0.4, -0.2) is 6.54 Å². The first-order valence-corrected chi connectivity index (χ1v) is 7.17. The van der Waals surface area contributed by atoms with Crippen LogP contribution in [0, 0.1) is 5.82 Å². The summed E-state index contributed by atoms with van der Waals surface area (Å²) in [6.45, 7) is 5.16. The molecule has 0 aliphatic heterocycles. The minimum absolute atomic E-state index is 0.184. The molecule has 2 rings (SSSR count). The van der Waals surface area contributed by atoms with Crippen molar-refractivity contribution in [2.24, 2.45) is 0 Å². The van der Waals surface area contributed by atoms with Crippen molar-refractivity contribution in [3.05, 3.63) is 35.8 Å². The number of benzene rings is 1.